The molecule has 2 heterocycles. The molecule has 1 aromatic heterocycles. The van der Waals surface area contributed by atoms with Crippen molar-refractivity contribution in [2.45, 2.75) is 5.92 Å². The monoisotopic (exact) mass is 253 g/mol. The number of amides is 1. The summed E-state index contributed by atoms with van der Waals surface area (Å²) in [5.41, 5.74) is 0.627. The number of hydrogen-bond donors (Lipinski definition) is 3. The molecule has 2 aliphatic rings. The number of carbonyl (C=O) groups is 1. The van der Waals surface area contributed by atoms with E-state index in [4.69, 9.17) is 17.3 Å². The van der Waals surface area contributed by atoms with Gasteiger partial charge in [-0.1, -0.05) is 0 Å². The van der Waals surface area contributed by atoms with Crippen molar-refractivity contribution in [3.05, 3.63) is 26.9 Å². The standard InChI is InChI=1S/C10H11N3O3S/c14-7-1-6(11-9(17)12-7)8-4-2-13(10(15)16)3-5(4)8/h1,4-5,8H,2-3H2,(H,15,16)(H2,11,12,14,17). The number of carboxylic acid groups (broad SMARTS) is 1. The fraction of sp³-hybridized carbons (Fsp3) is 0.500. The third-order valence-corrected chi connectivity index (χ3v) is 3.81. The van der Waals surface area contributed by atoms with Crippen LogP contribution in [0.15, 0.2) is 10.9 Å². The third-order valence-electron chi connectivity index (χ3n) is 3.60. The van der Waals surface area contributed by atoms with E-state index >= 15 is 0 Å². The number of aromatic amines is 2. The lowest BCUT2D eigenvalue weighted by Crippen LogP contribution is -2.29. The van der Waals surface area contributed by atoms with E-state index in [0.29, 0.717) is 29.7 Å². The molecule has 1 saturated carbocycles. The molecule has 1 aliphatic heterocycles. The zero-order chi connectivity index (χ0) is 12.2. The van der Waals surface area contributed by atoms with Gasteiger partial charge in [-0.15, -0.1) is 0 Å². The molecule has 1 aromatic rings. The van der Waals surface area contributed by atoms with Crippen molar-refractivity contribution < 1.29 is 9.90 Å². The Labute approximate surface area is 101 Å². The van der Waals surface area contributed by atoms with E-state index in [0.717, 1.165) is 5.69 Å². The molecule has 1 aliphatic carbocycles. The van der Waals surface area contributed by atoms with E-state index in [2.05, 4.69) is 9.97 Å². The topological polar surface area (TPSA) is 89.2 Å². The van der Waals surface area contributed by atoms with Gasteiger partial charge >= 0.3 is 6.09 Å². The fourth-order valence-corrected chi connectivity index (χ4v) is 3.03. The summed E-state index contributed by atoms with van der Waals surface area (Å²) in [6.45, 7) is 1.11. The van der Waals surface area contributed by atoms with Gasteiger partial charge in [0.1, 0.15) is 0 Å². The van der Waals surface area contributed by atoms with Crippen LogP contribution in [0.25, 0.3) is 0 Å². The molecule has 0 radical (unpaired) electrons. The number of hydrogen-bond acceptors (Lipinski definition) is 3. The summed E-state index contributed by atoms with van der Waals surface area (Å²) < 4.78 is 0.326. The highest BCUT2D eigenvalue weighted by Crippen LogP contribution is 2.57. The van der Waals surface area contributed by atoms with Crippen molar-refractivity contribution in [2.75, 3.05) is 13.1 Å². The lowest BCUT2D eigenvalue weighted by Gasteiger charge is -2.15. The third kappa shape index (κ3) is 1.66. The predicted molar refractivity (Wildman–Crippen MR) is 61.6 cm³/mol. The molecule has 3 N–H and O–H groups in total. The molecule has 1 amide bonds. The molecule has 0 spiro atoms. The first-order valence-electron chi connectivity index (χ1n) is 5.37. The molecule has 2 fully saturated rings. The number of H-pyrrole nitrogens is 2. The number of fused-ring (bicyclic) bond motifs is 1. The van der Waals surface area contributed by atoms with Crippen molar-refractivity contribution in [2.24, 2.45) is 11.8 Å². The molecule has 17 heavy (non-hydrogen) atoms. The van der Waals surface area contributed by atoms with Crippen molar-refractivity contribution in [3.8, 4) is 0 Å². The number of piperidine rings is 1. The van der Waals surface area contributed by atoms with E-state index in [1.165, 1.54) is 11.0 Å². The Balaban J connectivity index is 1.81. The maximum absolute atomic E-state index is 11.3. The van der Waals surface area contributed by atoms with Gasteiger partial charge < -0.3 is 15.0 Å². The Morgan fingerprint density at radius 1 is 1.41 bits per heavy atom. The van der Waals surface area contributed by atoms with Crippen LogP contribution in [-0.2, 0) is 0 Å². The quantitative estimate of drug-likeness (QED) is 0.644. The van der Waals surface area contributed by atoms with Crippen LogP contribution in [-0.4, -0.2) is 39.2 Å². The van der Waals surface area contributed by atoms with Crippen LogP contribution < -0.4 is 5.56 Å². The highest BCUT2D eigenvalue weighted by molar-refractivity contribution is 7.71. The van der Waals surface area contributed by atoms with Crippen LogP contribution in [0.3, 0.4) is 0 Å². The maximum atomic E-state index is 11.3. The van der Waals surface area contributed by atoms with Gasteiger partial charge in [-0.2, -0.15) is 0 Å². The molecule has 90 valence electrons. The van der Waals surface area contributed by atoms with E-state index in [1.807, 2.05) is 0 Å². The predicted octanol–water partition coefficient (Wildman–Crippen LogP) is 0.756. The second-order valence-corrected chi connectivity index (χ2v) is 4.99. The Morgan fingerprint density at radius 3 is 2.59 bits per heavy atom. The second kappa shape index (κ2) is 3.43. The Bertz CT molecular complexity index is 553. The van der Waals surface area contributed by atoms with E-state index in [9.17, 15) is 9.59 Å². The number of aromatic nitrogens is 2. The Hall–Kier alpha value is -1.63. The molecule has 1 saturated heterocycles. The molecule has 0 aromatic carbocycles. The Morgan fingerprint density at radius 2 is 2.06 bits per heavy atom. The van der Waals surface area contributed by atoms with Gasteiger partial charge in [-0.05, 0) is 24.1 Å². The molecule has 6 nitrogen and oxygen atoms in total. The van der Waals surface area contributed by atoms with Crippen LogP contribution in [0, 0.1) is 16.6 Å². The fourth-order valence-electron chi connectivity index (χ4n) is 2.81. The van der Waals surface area contributed by atoms with Gasteiger partial charge in [-0.25, -0.2) is 4.79 Å². The number of rotatable bonds is 1. The molecule has 2 atom stereocenters. The summed E-state index contributed by atoms with van der Waals surface area (Å²) in [6.07, 6.45) is -0.866. The average Bonchev–Trinajstić information content (AvgIpc) is 2.72. The summed E-state index contributed by atoms with van der Waals surface area (Å²) in [5.74, 6) is 0.923. The summed E-state index contributed by atoms with van der Waals surface area (Å²) in [6, 6.07) is 1.52. The van der Waals surface area contributed by atoms with Gasteiger partial charge in [0, 0.05) is 30.8 Å². The van der Waals surface area contributed by atoms with Crippen molar-refractivity contribution in [1.82, 2.24) is 14.9 Å². The van der Waals surface area contributed by atoms with E-state index in [1.54, 1.807) is 0 Å². The van der Waals surface area contributed by atoms with Crippen LogP contribution >= 0.6 is 12.2 Å². The zero-order valence-corrected chi connectivity index (χ0v) is 9.66. The first-order valence-corrected chi connectivity index (χ1v) is 5.78. The number of nitrogens with one attached hydrogen (secondary N) is 2. The maximum Gasteiger partial charge on any atom is 0.407 e. The molecule has 7 heteroatoms. The second-order valence-electron chi connectivity index (χ2n) is 4.58. The largest absolute Gasteiger partial charge is 0.465 e. The van der Waals surface area contributed by atoms with E-state index in [-0.39, 0.29) is 11.5 Å². The van der Waals surface area contributed by atoms with Crippen molar-refractivity contribution in [1.29, 1.82) is 0 Å². The molecule has 0 bridgehead atoms. The Kier molecular flexibility index (Phi) is 2.12. The van der Waals surface area contributed by atoms with Gasteiger partial charge in [0.05, 0.1) is 0 Å². The first-order chi connectivity index (χ1) is 8.06. The normalized spacial score (nSPS) is 30.1. The van der Waals surface area contributed by atoms with Crippen LogP contribution in [0.4, 0.5) is 4.79 Å². The van der Waals surface area contributed by atoms with Crippen molar-refractivity contribution >= 4 is 18.3 Å². The van der Waals surface area contributed by atoms with Crippen LogP contribution in [0.5, 0.6) is 0 Å². The summed E-state index contributed by atoms with van der Waals surface area (Å²) >= 11 is 4.91. The highest BCUT2D eigenvalue weighted by Gasteiger charge is 2.57. The minimum absolute atomic E-state index is 0.205. The first kappa shape index (κ1) is 10.5. The minimum atomic E-state index is -0.866. The number of likely N-dealkylation sites (tertiary alicyclic amines) is 1. The van der Waals surface area contributed by atoms with Gasteiger partial charge in [0.2, 0.25) is 0 Å². The summed E-state index contributed by atoms with van der Waals surface area (Å²) in [5, 5.41) is 8.84. The molecular weight excluding hydrogens is 242 g/mol. The lowest BCUT2D eigenvalue weighted by molar-refractivity contribution is 0.150. The van der Waals surface area contributed by atoms with E-state index < -0.39 is 6.09 Å². The molecule has 2 unspecified atom stereocenters. The van der Waals surface area contributed by atoms with Gasteiger partial charge in [-0.3, -0.25) is 9.78 Å². The zero-order valence-electron chi connectivity index (χ0n) is 8.84. The summed E-state index contributed by atoms with van der Waals surface area (Å²) in [7, 11) is 0. The molecule has 3 rings (SSSR count). The van der Waals surface area contributed by atoms with Gasteiger partial charge in [0.25, 0.3) is 5.56 Å². The smallest absolute Gasteiger partial charge is 0.407 e. The average molecular weight is 253 g/mol. The van der Waals surface area contributed by atoms with Crippen molar-refractivity contribution in [3.63, 3.8) is 0 Å². The lowest BCUT2D eigenvalue weighted by atomic mass is 10.2. The molecular formula is C10H11N3O3S. The summed E-state index contributed by atoms with van der Waals surface area (Å²) in [4.78, 5) is 28.9. The highest BCUT2D eigenvalue weighted by atomic mass is 32.1. The van der Waals surface area contributed by atoms with Crippen LogP contribution in [0.2, 0.25) is 0 Å². The van der Waals surface area contributed by atoms with Crippen LogP contribution in [0.1, 0.15) is 11.6 Å². The number of nitrogens with zero attached hydrogens (tertiary/aromatic N) is 1. The minimum Gasteiger partial charge on any atom is -0.465 e. The SMILES string of the molecule is O=C(O)N1CC2C(C1)C2c1cc(=O)[nH]c(=S)[nH]1. The van der Waals surface area contributed by atoms with Gasteiger partial charge in [0.15, 0.2) is 4.77 Å².